The molecule has 1 N–H and O–H groups in total. The van der Waals surface area contributed by atoms with E-state index in [-0.39, 0.29) is 11.8 Å². The lowest BCUT2D eigenvalue weighted by Crippen LogP contribution is -2.48. The van der Waals surface area contributed by atoms with Gasteiger partial charge in [0.2, 0.25) is 5.91 Å². The average Bonchev–Trinajstić information content (AvgIpc) is 2.85. The fourth-order valence-electron chi connectivity index (χ4n) is 4.80. The number of nitrogens with zero attached hydrogens (tertiary/aromatic N) is 3. The van der Waals surface area contributed by atoms with Gasteiger partial charge >= 0.3 is 0 Å². The highest BCUT2D eigenvalue weighted by molar-refractivity contribution is 5.94. The predicted octanol–water partition coefficient (Wildman–Crippen LogP) is 2.73. The van der Waals surface area contributed by atoms with Crippen LogP contribution in [0, 0.1) is 0 Å². The number of hydrogen-bond acceptors (Lipinski definition) is 4. The molecule has 2 amide bonds. The van der Waals surface area contributed by atoms with Crippen LogP contribution in [-0.4, -0.2) is 72.3 Å². The van der Waals surface area contributed by atoms with Crippen LogP contribution in [0.15, 0.2) is 66.7 Å². The van der Waals surface area contributed by atoms with Gasteiger partial charge in [-0.25, -0.2) is 0 Å². The summed E-state index contributed by atoms with van der Waals surface area (Å²) in [7, 11) is 0. The number of carbonyl (C=O) groups is 2. The van der Waals surface area contributed by atoms with E-state index >= 15 is 0 Å². The maximum atomic E-state index is 13.0. The molecule has 0 radical (unpaired) electrons. The lowest BCUT2D eigenvalue weighted by Gasteiger charge is -2.35. The SMILES string of the molecule is O=C1CN(Cc2ccc(C(=O)N3CCN(Cc4cccc5ccccc45)CC3)cc2)CCN1. The summed E-state index contributed by atoms with van der Waals surface area (Å²) >= 11 is 0. The van der Waals surface area contributed by atoms with Crippen LogP contribution in [0.2, 0.25) is 0 Å². The molecule has 33 heavy (non-hydrogen) atoms. The standard InChI is InChI=1S/C27H30N4O2/c32-26-20-30(13-12-28-26)18-21-8-10-23(11-9-21)27(33)31-16-14-29(15-17-31)19-24-6-3-5-22-4-1-2-7-25(22)24/h1-11H,12-20H2,(H,28,32). The lowest BCUT2D eigenvalue weighted by atomic mass is 10.0. The van der Waals surface area contributed by atoms with E-state index < -0.39 is 0 Å². The van der Waals surface area contributed by atoms with Gasteiger partial charge in [-0.2, -0.15) is 0 Å². The summed E-state index contributed by atoms with van der Waals surface area (Å²) in [5.74, 6) is 0.177. The number of carbonyl (C=O) groups excluding carboxylic acids is 2. The summed E-state index contributed by atoms with van der Waals surface area (Å²) in [6, 6.07) is 22.9. The van der Waals surface area contributed by atoms with E-state index in [1.165, 1.54) is 16.3 Å². The van der Waals surface area contributed by atoms with Crippen LogP contribution < -0.4 is 5.32 Å². The smallest absolute Gasteiger partial charge is 0.253 e. The Bertz CT molecular complexity index is 1130. The van der Waals surface area contributed by atoms with Gasteiger partial charge in [-0.1, -0.05) is 54.6 Å². The fourth-order valence-corrected chi connectivity index (χ4v) is 4.80. The minimum Gasteiger partial charge on any atom is -0.354 e. The van der Waals surface area contributed by atoms with Gasteiger partial charge in [0.15, 0.2) is 0 Å². The van der Waals surface area contributed by atoms with Crippen molar-refractivity contribution in [2.75, 3.05) is 45.8 Å². The molecule has 6 nitrogen and oxygen atoms in total. The first kappa shape index (κ1) is 21.6. The Balaban J connectivity index is 1.15. The zero-order valence-electron chi connectivity index (χ0n) is 18.9. The van der Waals surface area contributed by atoms with E-state index in [1.54, 1.807) is 0 Å². The molecule has 5 rings (SSSR count). The third-order valence-corrected chi connectivity index (χ3v) is 6.66. The average molecular weight is 443 g/mol. The zero-order chi connectivity index (χ0) is 22.6. The van der Waals surface area contributed by atoms with E-state index in [0.29, 0.717) is 13.1 Å². The molecule has 2 aliphatic rings. The van der Waals surface area contributed by atoms with Gasteiger partial charge in [0.05, 0.1) is 6.54 Å². The molecule has 0 bridgehead atoms. The van der Waals surface area contributed by atoms with Crippen LogP contribution in [0.4, 0.5) is 0 Å². The topological polar surface area (TPSA) is 55.9 Å². The third-order valence-electron chi connectivity index (χ3n) is 6.66. The maximum Gasteiger partial charge on any atom is 0.253 e. The van der Waals surface area contributed by atoms with Crippen LogP contribution in [0.1, 0.15) is 21.5 Å². The van der Waals surface area contributed by atoms with Crippen molar-refractivity contribution in [3.63, 3.8) is 0 Å². The molecular weight excluding hydrogens is 412 g/mol. The van der Waals surface area contributed by atoms with Crippen molar-refractivity contribution in [1.29, 1.82) is 0 Å². The summed E-state index contributed by atoms with van der Waals surface area (Å²) < 4.78 is 0. The molecule has 0 aliphatic carbocycles. The highest BCUT2D eigenvalue weighted by atomic mass is 16.2. The first-order valence-corrected chi connectivity index (χ1v) is 11.7. The molecule has 2 heterocycles. The van der Waals surface area contributed by atoms with Crippen LogP contribution in [0.25, 0.3) is 10.8 Å². The quantitative estimate of drug-likeness (QED) is 0.660. The molecular formula is C27H30N4O2. The van der Waals surface area contributed by atoms with Crippen molar-refractivity contribution in [1.82, 2.24) is 20.0 Å². The molecule has 0 atom stereocenters. The van der Waals surface area contributed by atoms with Gasteiger partial charge in [0.1, 0.15) is 0 Å². The molecule has 0 aromatic heterocycles. The number of amides is 2. The third kappa shape index (κ3) is 5.07. The Kier molecular flexibility index (Phi) is 6.37. The Hall–Kier alpha value is -3.22. The Morgan fingerprint density at radius 1 is 0.788 bits per heavy atom. The van der Waals surface area contributed by atoms with Crippen molar-refractivity contribution in [2.24, 2.45) is 0 Å². The minimum atomic E-state index is 0.0765. The van der Waals surface area contributed by atoms with Crippen molar-refractivity contribution in [3.8, 4) is 0 Å². The van der Waals surface area contributed by atoms with Crippen LogP contribution >= 0.6 is 0 Å². The van der Waals surface area contributed by atoms with Gasteiger partial charge in [0, 0.05) is 57.9 Å². The summed E-state index contributed by atoms with van der Waals surface area (Å²) in [5.41, 5.74) is 3.20. The molecule has 2 saturated heterocycles. The summed E-state index contributed by atoms with van der Waals surface area (Å²) in [6.45, 7) is 6.87. The second-order valence-corrected chi connectivity index (χ2v) is 8.96. The Morgan fingerprint density at radius 2 is 1.55 bits per heavy atom. The van der Waals surface area contributed by atoms with Crippen molar-refractivity contribution >= 4 is 22.6 Å². The summed E-state index contributed by atoms with van der Waals surface area (Å²) in [4.78, 5) is 31.1. The maximum absolute atomic E-state index is 13.0. The molecule has 3 aromatic rings. The van der Waals surface area contributed by atoms with Gasteiger partial charge in [-0.15, -0.1) is 0 Å². The molecule has 170 valence electrons. The van der Waals surface area contributed by atoms with Crippen LogP contribution in [-0.2, 0) is 17.9 Å². The number of rotatable bonds is 5. The number of hydrogen-bond donors (Lipinski definition) is 1. The zero-order valence-corrected chi connectivity index (χ0v) is 18.9. The predicted molar refractivity (Wildman–Crippen MR) is 130 cm³/mol. The highest BCUT2D eigenvalue weighted by Gasteiger charge is 2.23. The summed E-state index contributed by atoms with van der Waals surface area (Å²) in [6.07, 6.45) is 0. The monoisotopic (exact) mass is 442 g/mol. The first-order chi connectivity index (χ1) is 16.2. The van der Waals surface area contributed by atoms with E-state index in [1.807, 2.05) is 29.2 Å². The van der Waals surface area contributed by atoms with E-state index in [4.69, 9.17) is 0 Å². The molecule has 0 spiro atoms. The molecule has 3 aromatic carbocycles. The Labute approximate surface area is 194 Å². The largest absolute Gasteiger partial charge is 0.354 e. The second kappa shape index (κ2) is 9.73. The number of nitrogens with one attached hydrogen (secondary N) is 1. The highest BCUT2D eigenvalue weighted by Crippen LogP contribution is 2.21. The van der Waals surface area contributed by atoms with Crippen molar-refractivity contribution in [3.05, 3.63) is 83.4 Å². The number of fused-ring (bicyclic) bond motifs is 1. The second-order valence-electron chi connectivity index (χ2n) is 8.96. The molecule has 0 unspecified atom stereocenters. The molecule has 2 fully saturated rings. The van der Waals surface area contributed by atoms with Gasteiger partial charge in [-0.05, 0) is 34.0 Å². The minimum absolute atomic E-state index is 0.0765. The van der Waals surface area contributed by atoms with Crippen molar-refractivity contribution in [2.45, 2.75) is 13.1 Å². The van der Waals surface area contributed by atoms with Crippen molar-refractivity contribution < 1.29 is 9.59 Å². The fraction of sp³-hybridized carbons (Fsp3) is 0.333. The number of benzene rings is 3. The number of piperazine rings is 2. The normalized spacial score (nSPS) is 17.8. The van der Waals surface area contributed by atoms with Crippen LogP contribution in [0.3, 0.4) is 0 Å². The van der Waals surface area contributed by atoms with Crippen LogP contribution in [0.5, 0.6) is 0 Å². The first-order valence-electron chi connectivity index (χ1n) is 11.7. The van der Waals surface area contributed by atoms with Gasteiger partial charge in [0.25, 0.3) is 5.91 Å². The van der Waals surface area contributed by atoms with E-state index in [9.17, 15) is 9.59 Å². The van der Waals surface area contributed by atoms with E-state index in [0.717, 1.165) is 56.9 Å². The molecule has 6 heteroatoms. The van der Waals surface area contributed by atoms with Gasteiger partial charge in [-0.3, -0.25) is 19.4 Å². The lowest BCUT2D eigenvalue weighted by molar-refractivity contribution is -0.124. The molecule has 0 saturated carbocycles. The summed E-state index contributed by atoms with van der Waals surface area (Å²) in [5, 5.41) is 5.43. The Morgan fingerprint density at radius 3 is 2.33 bits per heavy atom. The van der Waals surface area contributed by atoms with E-state index in [2.05, 4.69) is 57.6 Å². The van der Waals surface area contributed by atoms with Gasteiger partial charge < -0.3 is 10.2 Å². The molecule has 2 aliphatic heterocycles.